The number of hydrogen-bond donors (Lipinski definition) is 0. The lowest BCUT2D eigenvalue weighted by Crippen LogP contribution is -2.38. The minimum Gasteiger partial charge on any atom is -0.327 e. The van der Waals surface area contributed by atoms with E-state index in [1.807, 2.05) is 0 Å². The van der Waals surface area contributed by atoms with Crippen LogP contribution in [0.15, 0.2) is 35.1 Å². The number of carbonyl (C=O) groups is 1. The molecule has 1 amide bonds. The molecule has 1 aromatic carbocycles. The molecule has 30 heavy (non-hydrogen) atoms. The standard InChI is InChI=1S/C20H20F3N5O2/c1-12-10-15(25-26(12)2)19(30)27-9-5-8-16(27)17-24-14-7-4-3-6-13(14)18(29)28(17)11-20(21,22)23/h3-4,6-7,10,16H,5,8-9,11H2,1-2H3. The first kappa shape index (κ1) is 20.1. The van der Waals surface area contributed by atoms with E-state index in [2.05, 4.69) is 10.1 Å². The van der Waals surface area contributed by atoms with Crippen LogP contribution in [0.1, 0.15) is 40.9 Å². The van der Waals surface area contributed by atoms with Gasteiger partial charge in [0.15, 0.2) is 5.69 Å². The van der Waals surface area contributed by atoms with Gasteiger partial charge in [0.1, 0.15) is 12.4 Å². The Labute approximate surface area is 169 Å². The highest BCUT2D eigenvalue weighted by Crippen LogP contribution is 2.33. The van der Waals surface area contributed by atoms with Crippen molar-refractivity contribution < 1.29 is 18.0 Å². The van der Waals surface area contributed by atoms with Gasteiger partial charge in [-0.05, 0) is 38.0 Å². The summed E-state index contributed by atoms with van der Waals surface area (Å²) in [7, 11) is 1.71. The van der Waals surface area contributed by atoms with Crippen LogP contribution in [-0.4, -0.2) is 42.9 Å². The number of halogens is 3. The summed E-state index contributed by atoms with van der Waals surface area (Å²) in [5.41, 5.74) is 0.545. The molecule has 0 radical (unpaired) electrons. The van der Waals surface area contributed by atoms with Gasteiger partial charge in [0.2, 0.25) is 0 Å². The molecule has 1 unspecified atom stereocenters. The zero-order valence-electron chi connectivity index (χ0n) is 16.5. The highest BCUT2D eigenvalue weighted by atomic mass is 19.4. The van der Waals surface area contributed by atoms with Crippen molar-refractivity contribution in [2.75, 3.05) is 6.54 Å². The van der Waals surface area contributed by atoms with Gasteiger partial charge in [-0.3, -0.25) is 18.8 Å². The first-order valence-electron chi connectivity index (χ1n) is 9.53. The summed E-state index contributed by atoms with van der Waals surface area (Å²) >= 11 is 0. The van der Waals surface area contributed by atoms with Crippen LogP contribution in [0.5, 0.6) is 0 Å². The molecule has 1 fully saturated rings. The van der Waals surface area contributed by atoms with Crippen molar-refractivity contribution in [2.45, 2.75) is 38.5 Å². The number of alkyl halides is 3. The second-order valence-corrected chi connectivity index (χ2v) is 7.44. The Balaban J connectivity index is 1.83. The number of nitrogens with zero attached hydrogens (tertiary/aromatic N) is 5. The second-order valence-electron chi connectivity index (χ2n) is 7.44. The van der Waals surface area contributed by atoms with Gasteiger partial charge in [-0.2, -0.15) is 18.3 Å². The van der Waals surface area contributed by atoms with E-state index in [9.17, 15) is 22.8 Å². The third-order valence-corrected chi connectivity index (χ3v) is 5.37. The zero-order chi connectivity index (χ0) is 21.6. The Kier molecular flexibility index (Phi) is 4.87. The highest BCUT2D eigenvalue weighted by molar-refractivity contribution is 5.93. The van der Waals surface area contributed by atoms with Crippen LogP contribution < -0.4 is 5.56 Å². The summed E-state index contributed by atoms with van der Waals surface area (Å²) in [4.78, 5) is 31.8. The number of para-hydroxylation sites is 1. The number of aromatic nitrogens is 4. The molecule has 3 heterocycles. The lowest BCUT2D eigenvalue weighted by molar-refractivity contribution is -0.141. The van der Waals surface area contributed by atoms with E-state index < -0.39 is 24.3 Å². The van der Waals surface area contributed by atoms with Crippen molar-refractivity contribution >= 4 is 16.8 Å². The minimum absolute atomic E-state index is 0.0467. The van der Waals surface area contributed by atoms with Gasteiger partial charge >= 0.3 is 6.18 Å². The minimum atomic E-state index is -4.60. The molecule has 3 aromatic rings. The van der Waals surface area contributed by atoms with E-state index in [1.54, 1.807) is 42.9 Å². The number of aryl methyl sites for hydroxylation is 2. The molecule has 1 atom stereocenters. The van der Waals surface area contributed by atoms with Crippen LogP contribution in [0.3, 0.4) is 0 Å². The number of fused-ring (bicyclic) bond motifs is 1. The number of rotatable bonds is 3. The number of likely N-dealkylation sites (tertiary alicyclic amines) is 1. The van der Waals surface area contributed by atoms with Crippen LogP contribution in [0, 0.1) is 6.92 Å². The molecular formula is C20H20F3N5O2. The van der Waals surface area contributed by atoms with Gasteiger partial charge < -0.3 is 4.90 Å². The van der Waals surface area contributed by atoms with Gasteiger partial charge in [0.05, 0.1) is 16.9 Å². The SMILES string of the molecule is Cc1cc(C(=O)N2CCCC2c2nc3ccccc3c(=O)n2CC(F)(F)F)nn1C. The van der Waals surface area contributed by atoms with Crippen LogP contribution in [0.2, 0.25) is 0 Å². The predicted molar refractivity (Wildman–Crippen MR) is 103 cm³/mol. The molecule has 7 nitrogen and oxygen atoms in total. The van der Waals surface area contributed by atoms with E-state index in [4.69, 9.17) is 0 Å². The Morgan fingerprint density at radius 1 is 1.27 bits per heavy atom. The zero-order valence-corrected chi connectivity index (χ0v) is 16.5. The molecule has 0 N–H and O–H groups in total. The summed E-state index contributed by atoms with van der Waals surface area (Å²) < 4.78 is 42.0. The average molecular weight is 419 g/mol. The Hall–Kier alpha value is -3.17. The van der Waals surface area contributed by atoms with Crippen LogP contribution in [0.25, 0.3) is 10.9 Å². The molecule has 0 spiro atoms. The number of hydrogen-bond acceptors (Lipinski definition) is 4. The van der Waals surface area contributed by atoms with E-state index >= 15 is 0 Å². The lowest BCUT2D eigenvalue weighted by atomic mass is 10.1. The number of benzene rings is 1. The van der Waals surface area contributed by atoms with E-state index in [0.717, 1.165) is 5.69 Å². The molecule has 4 rings (SSSR count). The van der Waals surface area contributed by atoms with Crippen LogP contribution in [0.4, 0.5) is 13.2 Å². The lowest BCUT2D eigenvalue weighted by Gasteiger charge is -2.26. The fourth-order valence-corrected chi connectivity index (χ4v) is 3.86. The maximum absolute atomic E-state index is 13.3. The number of amides is 1. The quantitative estimate of drug-likeness (QED) is 0.654. The van der Waals surface area contributed by atoms with Crippen LogP contribution in [-0.2, 0) is 13.6 Å². The van der Waals surface area contributed by atoms with Crippen molar-refractivity contribution in [3.05, 3.63) is 57.9 Å². The number of carbonyl (C=O) groups excluding carboxylic acids is 1. The van der Waals surface area contributed by atoms with E-state index in [-0.39, 0.29) is 22.8 Å². The fraction of sp³-hybridized carbons (Fsp3) is 0.400. The maximum Gasteiger partial charge on any atom is 0.406 e. The van der Waals surface area contributed by atoms with Gasteiger partial charge in [0, 0.05) is 19.3 Å². The van der Waals surface area contributed by atoms with Gasteiger partial charge in [-0.15, -0.1) is 0 Å². The van der Waals surface area contributed by atoms with E-state index in [1.165, 1.54) is 11.0 Å². The summed E-state index contributed by atoms with van der Waals surface area (Å²) in [5.74, 6) is -0.434. The first-order valence-corrected chi connectivity index (χ1v) is 9.53. The largest absolute Gasteiger partial charge is 0.406 e. The summed E-state index contributed by atoms with van der Waals surface area (Å²) in [6, 6.07) is 7.18. The van der Waals surface area contributed by atoms with Crippen molar-refractivity contribution in [1.29, 1.82) is 0 Å². The second kappa shape index (κ2) is 7.26. The Morgan fingerprint density at radius 2 is 2.00 bits per heavy atom. The van der Waals surface area contributed by atoms with Gasteiger partial charge in [-0.25, -0.2) is 4.98 Å². The Morgan fingerprint density at radius 3 is 2.67 bits per heavy atom. The molecule has 0 aliphatic carbocycles. The molecule has 1 saturated heterocycles. The monoisotopic (exact) mass is 419 g/mol. The summed E-state index contributed by atoms with van der Waals surface area (Å²) in [5, 5.41) is 4.30. The van der Waals surface area contributed by atoms with Gasteiger partial charge in [-0.1, -0.05) is 12.1 Å². The highest BCUT2D eigenvalue weighted by Gasteiger charge is 2.37. The Bertz CT molecular complexity index is 1160. The average Bonchev–Trinajstić information content (AvgIpc) is 3.29. The predicted octanol–water partition coefficient (Wildman–Crippen LogP) is 2.98. The molecular weight excluding hydrogens is 399 g/mol. The normalized spacial score (nSPS) is 17.1. The molecule has 0 bridgehead atoms. The summed E-state index contributed by atoms with van der Waals surface area (Å²) in [6.45, 7) is 0.700. The summed E-state index contributed by atoms with van der Waals surface area (Å²) in [6.07, 6.45) is -3.59. The molecule has 0 saturated carbocycles. The van der Waals surface area contributed by atoms with Crippen molar-refractivity contribution in [3.8, 4) is 0 Å². The fourth-order valence-electron chi connectivity index (χ4n) is 3.86. The molecule has 2 aromatic heterocycles. The van der Waals surface area contributed by atoms with E-state index in [0.29, 0.717) is 29.5 Å². The van der Waals surface area contributed by atoms with Crippen molar-refractivity contribution in [1.82, 2.24) is 24.2 Å². The van der Waals surface area contributed by atoms with Gasteiger partial charge in [0.25, 0.3) is 11.5 Å². The van der Waals surface area contributed by atoms with Crippen molar-refractivity contribution in [3.63, 3.8) is 0 Å². The van der Waals surface area contributed by atoms with Crippen LogP contribution >= 0.6 is 0 Å². The maximum atomic E-state index is 13.3. The molecule has 1 aliphatic heterocycles. The third-order valence-electron chi connectivity index (χ3n) is 5.37. The topological polar surface area (TPSA) is 73.0 Å². The molecule has 10 heteroatoms. The third kappa shape index (κ3) is 3.57. The smallest absolute Gasteiger partial charge is 0.327 e. The first-order chi connectivity index (χ1) is 14.2. The molecule has 158 valence electrons. The van der Waals surface area contributed by atoms with Crippen molar-refractivity contribution in [2.24, 2.45) is 7.05 Å². The molecule has 1 aliphatic rings.